The van der Waals surface area contributed by atoms with E-state index in [-0.39, 0.29) is 11.3 Å². The maximum Gasteiger partial charge on any atom is 0.220 e. The molecule has 1 aliphatic carbocycles. The van der Waals surface area contributed by atoms with Crippen molar-refractivity contribution >= 4 is 17.1 Å². The van der Waals surface area contributed by atoms with Crippen molar-refractivity contribution in [2.75, 3.05) is 0 Å². The Hall–Kier alpha value is -2.76. The lowest BCUT2D eigenvalue weighted by Crippen LogP contribution is -2.32. The fraction of sp³-hybridized carbons (Fsp3) is 0.500. The van der Waals surface area contributed by atoms with Crippen LogP contribution in [0.4, 0.5) is 0 Å². The molecule has 6 nitrogen and oxygen atoms in total. The summed E-state index contributed by atoms with van der Waals surface area (Å²) in [6.45, 7) is 5.81. The number of carbonyl (C=O) groups excluding carboxylic acids is 1. The van der Waals surface area contributed by atoms with Gasteiger partial charge in [0.2, 0.25) is 5.91 Å². The molecular weight excluding hydrogens is 374 g/mol. The first-order chi connectivity index (χ1) is 14.5. The van der Waals surface area contributed by atoms with Gasteiger partial charge in [-0.3, -0.25) is 9.78 Å². The average Bonchev–Trinajstić information content (AvgIpc) is 3.32. The third-order valence-corrected chi connectivity index (χ3v) is 6.06. The van der Waals surface area contributed by atoms with E-state index in [1.165, 1.54) is 12.8 Å². The predicted octanol–water partition coefficient (Wildman–Crippen LogP) is 4.29. The van der Waals surface area contributed by atoms with Crippen molar-refractivity contribution in [1.82, 2.24) is 24.8 Å². The van der Waals surface area contributed by atoms with Crippen LogP contribution < -0.4 is 5.32 Å². The van der Waals surface area contributed by atoms with Gasteiger partial charge in [0.25, 0.3) is 0 Å². The molecule has 6 heteroatoms. The van der Waals surface area contributed by atoms with Gasteiger partial charge in [0.1, 0.15) is 11.3 Å². The second kappa shape index (κ2) is 8.94. The Balaban J connectivity index is 1.52. The molecule has 1 saturated carbocycles. The highest BCUT2D eigenvalue weighted by molar-refractivity contribution is 5.77. The van der Waals surface area contributed by atoms with Crippen LogP contribution >= 0.6 is 0 Å². The second-order valence-electron chi connectivity index (χ2n) is 9.04. The molecule has 0 aliphatic heterocycles. The van der Waals surface area contributed by atoms with Gasteiger partial charge in [0, 0.05) is 31.8 Å². The Bertz CT molecular complexity index is 989. The SMILES string of the molecule is CC(C)Cn1c(CC2(CC(=O)NCc3ccccn3)CCCC2)nc2cccnc21. The number of rotatable bonds is 8. The minimum atomic E-state index is -0.0235. The van der Waals surface area contributed by atoms with E-state index in [4.69, 9.17) is 4.98 Å². The summed E-state index contributed by atoms with van der Waals surface area (Å²) in [6, 6.07) is 9.74. The van der Waals surface area contributed by atoms with Gasteiger partial charge in [0.15, 0.2) is 5.65 Å². The van der Waals surface area contributed by atoms with E-state index in [2.05, 4.69) is 33.7 Å². The molecule has 0 atom stereocenters. The molecule has 3 aromatic rings. The number of carbonyl (C=O) groups is 1. The average molecular weight is 406 g/mol. The minimum absolute atomic E-state index is 0.0235. The number of imidazole rings is 1. The summed E-state index contributed by atoms with van der Waals surface area (Å²) in [4.78, 5) is 26.6. The quantitative estimate of drug-likeness (QED) is 0.607. The lowest BCUT2D eigenvalue weighted by Gasteiger charge is -2.28. The van der Waals surface area contributed by atoms with E-state index >= 15 is 0 Å². The topological polar surface area (TPSA) is 72.7 Å². The molecule has 1 aliphatic rings. The Kier molecular flexibility index (Phi) is 6.11. The third-order valence-electron chi connectivity index (χ3n) is 6.06. The summed E-state index contributed by atoms with van der Waals surface area (Å²) >= 11 is 0. The number of amides is 1. The molecule has 0 bridgehead atoms. The van der Waals surface area contributed by atoms with Gasteiger partial charge in [-0.2, -0.15) is 0 Å². The van der Waals surface area contributed by atoms with Crippen LogP contribution in [0.1, 0.15) is 57.5 Å². The maximum absolute atomic E-state index is 12.8. The van der Waals surface area contributed by atoms with Crippen LogP contribution in [0.2, 0.25) is 0 Å². The number of aromatic nitrogens is 4. The first-order valence-electron chi connectivity index (χ1n) is 11.0. The maximum atomic E-state index is 12.8. The van der Waals surface area contributed by atoms with E-state index in [1.807, 2.05) is 36.5 Å². The van der Waals surface area contributed by atoms with Crippen molar-refractivity contribution in [1.29, 1.82) is 0 Å². The molecule has 1 N–H and O–H groups in total. The van der Waals surface area contributed by atoms with Crippen LogP contribution in [-0.4, -0.2) is 25.4 Å². The van der Waals surface area contributed by atoms with Crippen molar-refractivity contribution in [3.8, 4) is 0 Å². The Morgan fingerprint density at radius 1 is 1.13 bits per heavy atom. The first-order valence-corrected chi connectivity index (χ1v) is 11.0. The van der Waals surface area contributed by atoms with E-state index in [0.29, 0.717) is 18.9 Å². The van der Waals surface area contributed by atoms with Crippen molar-refractivity contribution in [3.63, 3.8) is 0 Å². The number of hydrogen-bond donors (Lipinski definition) is 1. The molecule has 30 heavy (non-hydrogen) atoms. The van der Waals surface area contributed by atoms with Crippen LogP contribution in [0, 0.1) is 11.3 Å². The molecule has 0 saturated heterocycles. The minimum Gasteiger partial charge on any atom is -0.350 e. The van der Waals surface area contributed by atoms with Crippen molar-refractivity contribution in [2.24, 2.45) is 11.3 Å². The molecule has 158 valence electrons. The Morgan fingerprint density at radius 3 is 2.67 bits per heavy atom. The molecule has 0 spiro atoms. The summed E-state index contributed by atoms with van der Waals surface area (Å²) in [5.41, 5.74) is 2.76. The summed E-state index contributed by atoms with van der Waals surface area (Å²) < 4.78 is 2.27. The van der Waals surface area contributed by atoms with E-state index < -0.39 is 0 Å². The zero-order chi connectivity index (χ0) is 21.0. The Labute approximate surface area is 178 Å². The highest BCUT2D eigenvalue weighted by Crippen LogP contribution is 2.44. The zero-order valence-electron chi connectivity index (χ0n) is 18.0. The van der Waals surface area contributed by atoms with Gasteiger partial charge in [-0.05, 0) is 48.4 Å². The lowest BCUT2D eigenvalue weighted by molar-refractivity contribution is -0.123. The van der Waals surface area contributed by atoms with E-state index in [1.54, 1.807) is 6.20 Å². The van der Waals surface area contributed by atoms with Gasteiger partial charge in [-0.15, -0.1) is 0 Å². The van der Waals surface area contributed by atoms with Gasteiger partial charge in [-0.1, -0.05) is 32.8 Å². The molecule has 1 fully saturated rings. The number of nitrogens with one attached hydrogen (secondary N) is 1. The standard InChI is InChI=1S/C24H31N5O/c1-18(2)17-29-21(28-20-9-7-13-26-23(20)29)14-24(10-4-5-11-24)15-22(30)27-16-19-8-3-6-12-25-19/h3,6-9,12-13,18H,4-5,10-11,14-17H2,1-2H3,(H,27,30). The normalized spacial score (nSPS) is 15.7. The van der Waals surface area contributed by atoms with Crippen LogP contribution in [0.15, 0.2) is 42.7 Å². The van der Waals surface area contributed by atoms with Crippen molar-refractivity contribution < 1.29 is 4.79 Å². The molecule has 0 aromatic carbocycles. The highest BCUT2D eigenvalue weighted by Gasteiger charge is 2.37. The summed E-state index contributed by atoms with van der Waals surface area (Å²) in [6.07, 6.45) is 9.45. The third kappa shape index (κ3) is 4.69. The van der Waals surface area contributed by atoms with Crippen molar-refractivity contribution in [2.45, 2.75) is 65.5 Å². The first kappa shape index (κ1) is 20.5. The second-order valence-corrected chi connectivity index (χ2v) is 9.04. The smallest absolute Gasteiger partial charge is 0.220 e. The number of pyridine rings is 2. The molecule has 4 rings (SSSR count). The van der Waals surface area contributed by atoms with Gasteiger partial charge in [0.05, 0.1) is 12.2 Å². The predicted molar refractivity (Wildman–Crippen MR) is 118 cm³/mol. The van der Waals surface area contributed by atoms with Gasteiger partial charge in [-0.25, -0.2) is 9.97 Å². The molecule has 0 radical (unpaired) electrons. The van der Waals surface area contributed by atoms with E-state index in [9.17, 15) is 4.79 Å². The van der Waals surface area contributed by atoms with Crippen LogP contribution in [0.5, 0.6) is 0 Å². The largest absolute Gasteiger partial charge is 0.350 e. The highest BCUT2D eigenvalue weighted by atomic mass is 16.1. The summed E-state index contributed by atoms with van der Waals surface area (Å²) in [7, 11) is 0. The van der Waals surface area contributed by atoms with E-state index in [0.717, 1.165) is 48.5 Å². The monoisotopic (exact) mass is 405 g/mol. The van der Waals surface area contributed by atoms with Crippen LogP contribution in [-0.2, 0) is 24.3 Å². The molecule has 0 unspecified atom stereocenters. The van der Waals surface area contributed by atoms with Crippen LogP contribution in [0.3, 0.4) is 0 Å². The number of fused-ring (bicyclic) bond motifs is 1. The molecule has 3 aromatic heterocycles. The fourth-order valence-corrected chi connectivity index (χ4v) is 4.67. The number of nitrogens with zero attached hydrogens (tertiary/aromatic N) is 4. The Morgan fingerprint density at radius 2 is 1.93 bits per heavy atom. The number of hydrogen-bond acceptors (Lipinski definition) is 4. The van der Waals surface area contributed by atoms with Crippen molar-refractivity contribution in [3.05, 3.63) is 54.2 Å². The molecular formula is C24H31N5O. The lowest BCUT2D eigenvalue weighted by atomic mass is 9.79. The van der Waals surface area contributed by atoms with Gasteiger partial charge < -0.3 is 9.88 Å². The molecule has 1 amide bonds. The summed E-state index contributed by atoms with van der Waals surface area (Å²) in [5.74, 6) is 1.67. The molecule has 3 heterocycles. The zero-order valence-corrected chi connectivity index (χ0v) is 18.0. The fourth-order valence-electron chi connectivity index (χ4n) is 4.67. The van der Waals surface area contributed by atoms with Gasteiger partial charge >= 0.3 is 0 Å². The van der Waals surface area contributed by atoms with Crippen LogP contribution in [0.25, 0.3) is 11.2 Å². The summed E-state index contributed by atoms with van der Waals surface area (Å²) in [5, 5.41) is 3.07.